The van der Waals surface area contributed by atoms with Crippen molar-refractivity contribution in [2.75, 3.05) is 6.61 Å². The average molecular weight is 313 g/mol. The van der Waals surface area contributed by atoms with Crippen molar-refractivity contribution < 1.29 is 19.1 Å². The van der Waals surface area contributed by atoms with Crippen LogP contribution in [0.3, 0.4) is 0 Å². The molecule has 1 aromatic heterocycles. The molecule has 1 aliphatic rings. The van der Waals surface area contributed by atoms with Crippen LogP contribution in [0.15, 0.2) is 30.3 Å². The topological polar surface area (TPSA) is 57.5 Å². The van der Waals surface area contributed by atoms with Crippen LogP contribution in [0, 0.1) is 6.92 Å². The van der Waals surface area contributed by atoms with E-state index in [0.29, 0.717) is 17.7 Å². The minimum Gasteiger partial charge on any atom is -0.487 e. The van der Waals surface area contributed by atoms with Crippen molar-refractivity contribution in [1.29, 1.82) is 0 Å². The van der Waals surface area contributed by atoms with Gasteiger partial charge in [-0.15, -0.1) is 0 Å². The van der Waals surface area contributed by atoms with E-state index in [1.165, 1.54) is 6.92 Å². The van der Waals surface area contributed by atoms with Gasteiger partial charge in [0.1, 0.15) is 12.7 Å². The Kier molecular flexibility index (Phi) is 3.94. The van der Waals surface area contributed by atoms with Gasteiger partial charge in [0.2, 0.25) is 0 Å². The summed E-state index contributed by atoms with van der Waals surface area (Å²) in [5, 5.41) is 0. The summed E-state index contributed by atoms with van der Waals surface area (Å²) in [5.41, 5.74) is 3.28. The Labute approximate surface area is 134 Å². The molecule has 1 aliphatic heterocycles. The molecule has 3 rings (SSSR count). The molecule has 0 N–H and O–H groups in total. The average Bonchev–Trinajstić information content (AvgIpc) is 2.79. The molecular formula is C18H19NO4. The van der Waals surface area contributed by atoms with Crippen molar-refractivity contribution in [2.45, 2.75) is 33.3 Å². The lowest BCUT2D eigenvalue weighted by Crippen LogP contribution is -2.31. The Morgan fingerprint density at radius 2 is 1.91 bits per heavy atom. The van der Waals surface area contributed by atoms with Gasteiger partial charge in [0.25, 0.3) is 0 Å². The number of hydrogen-bond donors (Lipinski definition) is 0. The SMILES string of the molecule is CC(=O)O[C@@H]1COc2c(C(C)=O)c(C)n(-c3ccccc3)c2C1. The largest absolute Gasteiger partial charge is 0.487 e. The van der Waals surface area contributed by atoms with E-state index in [2.05, 4.69) is 0 Å². The lowest BCUT2D eigenvalue weighted by Gasteiger charge is -2.24. The zero-order chi connectivity index (χ0) is 16.6. The predicted molar refractivity (Wildman–Crippen MR) is 85.3 cm³/mol. The monoisotopic (exact) mass is 313 g/mol. The van der Waals surface area contributed by atoms with Crippen molar-refractivity contribution in [3.63, 3.8) is 0 Å². The molecule has 5 nitrogen and oxygen atoms in total. The van der Waals surface area contributed by atoms with E-state index in [1.807, 2.05) is 41.8 Å². The van der Waals surface area contributed by atoms with Crippen LogP contribution >= 0.6 is 0 Å². The molecule has 0 unspecified atom stereocenters. The number of carbonyl (C=O) groups excluding carboxylic acids is 2. The summed E-state index contributed by atoms with van der Waals surface area (Å²) in [7, 11) is 0. The molecule has 0 fully saturated rings. The Morgan fingerprint density at radius 3 is 2.52 bits per heavy atom. The van der Waals surface area contributed by atoms with Crippen LogP contribution in [0.2, 0.25) is 0 Å². The predicted octanol–water partition coefficient (Wildman–Crippen LogP) is 2.85. The first kappa shape index (κ1) is 15.3. The Morgan fingerprint density at radius 1 is 1.22 bits per heavy atom. The first-order chi connectivity index (χ1) is 11.0. The Balaban J connectivity index is 2.13. The van der Waals surface area contributed by atoms with Gasteiger partial charge in [0.05, 0.1) is 11.3 Å². The van der Waals surface area contributed by atoms with Crippen LogP contribution in [-0.2, 0) is 16.0 Å². The van der Waals surface area contributed by atoms with Gasteiger partial charge < -0.3 is 14.0 Å². The van der Waals surface area contributed by atoms with Crippen LogP contribution in [0.1, 0.15) is 35.6 Å². The minimum absolute atomic E-state index is 0.0284. The summed E-state index contributed by atoms with van der Waals surface area (Å²) < 4.78 is 13.1. The van der Waals surface area contributed by atoms with Gasteiger partial charge in [-0.05, 0) is 26.0 Å². The number of rotatable bonds is 3. The molecule has 0 bridgehead atoms. The van der Waals surface area contributed by atoms with Gasteiger partial charge >= 0.3 is 5.97 Å². The van der Waals surface area contributed by atoms with Gasteiger partial charge in [-0.3, -0.25) is 9.59 Å². The normalized spacial score (nSPS) is 16.4. The second-order valence-corrected chi connectivity index (χ2v) is 5.71. The van der Waals surface area contributed by atoms with E-state index in [9.17, 15) is 9.59 Å². The molecule has 0 spiro atoms. The number of aromatic nitrogens is 1. The highest BCUT2D eigenvalue weighted by atomic mass is 16.6. The van der Waals surface area contributed by atoms with Crippen molar-refractivity contribution in [3.8, 4) is 11.4 Å². The second kappa shape index (κ2) is 5.91. The smallest absolute Gasteiger partial charge is 0.303 e. The fraction of sp³-hybridized carbons (Fsp3) is 0.333. The van der Waals surface area contributed by atoms with Crippen molar-refractivity contribution in [1.82, 2.24) is 4.57 Å². The molecule has 0 radical (unpaired) electrons. The van der Waals surface area contributed by atoms with E-state index in [0.717, 1.165) is 17.1 Å². The third-order valence-corrected chi connectivity index (χ3v) is 3.99. The molecule has 1 aromatic carbocycles. The molecule has 0 saturated heterocycles. The maximum absolute atomic E-state index is 12.1. The first-order valence-corrected chi connectivity index (χ1v) is 7.59. The van der Waals surface area contributed by atoms with Crippen LogP contribution in [0.25, 0.3) is 5.69 Å². The van der Waals surface area contributed by atoms with Crippen molar-refractivity contribution in [2.24, 2.45) is 0 Å². The number of benzene rings is 1. The standard InChI is InChI=1S/C18H19NO4/c1-11-17(12(2)20)18-16(9-15(10-22-18)23-13(3)21)19(11)14-7-5-4-6-8-14/h4-8,15H,9-10H2,1-3H3/t15-/m0/s1. The summed E-state index contributed by atoms with van der Waals surface area (Å²) in [6, 6.07) is 9.79. The van der Waals surface area contributed by atoms with Gasteiger partial charge in [-0.2, -0.15) is 0 Å². The lowest BCUT2D eigenvalue weighted by atomic mass is 10.1. The fourth-order valence-corrected chi connectivity index (χ4v) is 3.17. The van der Waals surface area contributed by atoms with E-state index in [-0.39, 0.29) is 24.5 Å². The van der Waals surface area contributed by atoms with E-state index in [4.69, 9.17) is 9.47 Å². The number of hydrogen-bond acceptors (Lipinski definition) is 4. The minimum atomic E-state index is -0.337. The van der Waals surface area contributed by atoms with Gasteiger partial charge in [0.15, 0.2) is 11.5 Å². The van der Waals surface area contributed by atoms with E-state index < -0.39 is 0 Å². The lowest BCUT2D eigenvalue weighted by molar-refractivity contribution is -0.148. The molecule has 0 saturated carbocycles. The highest BCUT2D eigenvalue weighted by molar-refractivity contribution is 5.99. The quantitative estimate of drug-likeness (QED) is 0.646. The number of ketones is 1. The summed E-state index contributed by atoms with van der Waals surface area (Å²) in [4.78, 5) is 23.3. The third-order valence-electron chi connectivity index (χ3n) is 3.99. The van der Waals surface area contributed by atoms with Crippen LogP contribution in [0.4, 0.5) is 0 Å². The number of esters is 1. The first-order valence-electron chi connectivity index (χ1n) is 7.59. The zero-order valence-electron chi connectivity index (χ0n) is 13.5. The Bertz CT molecular complexity index is 761. The highest BCUT2D eigenvalue weighted by Gasteiger charge is 2.32. The molecule has 0 amide bonds. The second-order valence-electron chi connectivity index (χ2n) is 5.71. The maximum Gasteiger partial charge on any atom is 0.303 e. The number of nitrogens with zero attached hydrogens (tertiary/aromatic N) is 1. The number of fused-ring (bicyclic) bond motifs is 1. The summed E-state index contributed by atoms with van der Waals surface area (Å²) in [5.74, 6) is 0.255. The van der Waals surface area contributed by atoms with E-state index >= 15 is 0 Å². The number of para-hydroxylation sites is 1. The number of carbonyl (C=O) groups is 2. The highest BCUT2D eigenvalue weighted by Crippen LogP contribution is 2.37. The van der Waals surface area contributed by atoms with Crippen LogP contribution in [0.5, 0.6) is 5.75 Å². The zero-order valence-corrected chi connectivity index (χ0v) is 13.5. The van der Waals surface area contributed by atoms with Gasteiger partial charge in [-0.1, -0.05) is 18.2 Å². The van der Waals surface area contributed by atoms with Gasteiger partial charge in [-0.25, -0.2) is 0 Å². The van der Waals surface area contributed by atoms with Gasteiger partial charge in [0, 0.05) is 24.7 Å². The molecule has 2 heterocycles. The number of ether oxygens (including phenoxy) is 2. The maximum atomic E-state index is 12.1. The van der Waals surface area contributed by atoms with Crippen molar-refractivity contribution >= 4 is 11.8 Å². The molecular weight excluding hydrogens is 294 g/mol. The summed E-state index contributed by atoms with van der Waals surface area (Å²) >= 11 is 0. The fourth-order valence-electron chi connectivity index (χ4n) is 3.17. The summed E-state index contributed by atoms with van der Waals surface area (Å²) in [6.07, 6.45) is 0.189. The van der Waals surface area contributed by atoms with Crippen LogP contribution < -0.4 is 4.74 Å². The molecule has 5 heteroatoms. The van der Waals surface area contributed by atoms with Crippen LogP contribution in [-0.4, -0.2) is 29.0 Å². The molecule has 2 aromatic rings. The van der Waals surface area contributed by atoms with Crippen molar-refractivity contribution in [3.05, 3.63) is 47.3 Å². The van der Waals surface area contributed by atoms with E-state index in [1.54, 1.807) is 6.92 Å². The third kappa shape index (κ3) is 2.74. The summed E-state index contributed by atoms with van der Waals surface area (Å²) in [6.45, 7) is 5.11. The molecule has 120 valence electrons. The molecule has 1 atom stereocenters. The number of Topliss-reactive ketones (excluding diaryl/α,β-unsaturated/α-hetero) is 1. The molecule has 0 aliphatic carbocycles. The molecule has 23 heavy (non-hydrogen) atoms. The Hall–Kier alpha value is -2.56.